The predicted octanol–water partition coefficient (Wildman–Crippen LogP) is 4.15. The molecule has 0 aliphatic carbocycles. The van der Waals surface area contributed by atoms with Crippen LogP contribution < -0.4 is 5.32 Å². The molecule has 1 saturated heterocycles. The molecule has 0 unspecified atom stereocenters. The third-order valence-electron chi connectivity index (χ3n) is 5.46. The summed E-state index contributed by atoms with van der Waals surface area (Å²) in [6.45, 7) is 8.03. The van der Waals surface area contributed by atoms with Gasteiger partial charge < -0.3 is 14.8 Å². The summed E-state index contributed by atoms with van der Waals surface area (Å²) in [5.41, 5.74) is 0. The molecule has 0 radical (unpaired) electrons. The van der Waals surface area contributed by atoms with Crippen molar-refractivity contribution >= 4 is 18.3 Å². The highest BCUT2D eigenvalue weighted by Crippen LogP contribution is 2.32. The first-order valence-electron chi connectivity index (χ1n) is 11.0. The molecule has 1 N–H and O–H groups in total. The van der Waals surface area contributed by atoms with Gasteiger partial charge >= 0.3 is 11.9 Å². The third kappa shape index (κ3) is 8.19. The van der Waals surface area contributed by atoms with Gasteiger partial charge in [0.2, 0.25) is 6.41 Å². The molecule has 0 aromatic heterocycles. The minimum absolute atomic E-state index is 0.0539. The molecule has 0 spiro atoms. The van der Waals surface area contributed by atoms with Gasteiger partial charge in [0.25, 0.3) is 0 Å². The summed E-state index contributed by atoms with van der Waals surface area (Å²) in [7, 11) is 0. The number of ether oxygens (including phenoxy) is 2. The number of carbonyl (C=O) groups excluding carboxylic acids is 3. The maximum atomic E-state index is 12.5. The molecule has 1 aliphatic rings. The fraction of sp³-hybridized carbons (Fsp3) is 0.864. The summed E-state index contributed by atoms with van der Waals surface area (Å²) in [6.07, 6.45) is 9.87. The molecule has 162 valence electrons. The Morgan fingerprint density at radius 1 is 1.14 bits per heavy atom. The summed E-state index contributed by atoms with van der Waals surface area (Å²) in [6, 6.07) is -0.653. The molecule has 0 aromatic carbocycles. The van der Waals surface area contributed by atoms with E-state index in [0.29, 0.717) is 12.8 Å². The van der Waals surface area contributed by atoms with E-state index >= 15 is 0 Å². The lowest BCUT2D eigenvalue weighted by Gasteiger charge is -2.37. The van der Waals surface area contributed by atoms with Crippen LogP contribution in [0.4, 0.5) is 0 Å². The fourth-order valence-electron chi connectivity index (χ4n) is 3.65. The molecule has 28 heavy (non-hydrogen) atoms. The van der Waals surface area contributed by atoms with Gasteiger partial charge in [-0.15, -0.1) is 0 Å². The first-order valence-corrected chi connectivity index (χ1v) is 11.0. The minimum Gasteiger partial charge on any atom is -0.461 e. The Balaban J connectivity index is 2.63. The Morgan fingerprint density at radius 3 is 2.39 bits per heavy atom. The number of hydrogen-bond donors (Lipinski definition) is 1. The van der Waals surface area contributed by atoms with Gasteiger partial charge in [-0.05, 0) is 25.2 Å². The number of nitrogens with one attached hydrogen (secondary N) is 1. The lowest BCUT2D eigenvalue weighted by molar-refractivity contribution is -0.190. The zero-order valence-corrected chi connectivity index (χ0v) is 18.1. The fourth-order valence-corrected chi connectivity index (χ4v) is 3.65. The summed E-state index contributed by atoms with van der Waals surface area (Å²) < 4.78 is 11.1. The lowest BCUT2D eigenvalue weighted by Crippen LogP contribution is -2.48. The van der Waals surface area contributed by atoms with Crippen molar-refractivity contribution in [3.63, 3.8) is 0 Å². The second kappa shape index (κ2) is 13.6. The van der Waals surface area contributed by atoms with Crippen LogP contribution >= 0.6 is 0 Å². The number of amides is 1. The zero-order chi connectivity index (χ0) is 20.9. The van der Waals surface area contributed by atoms with Crippen molar-refractivity contribution in [2.75, 3.05) is 0 Å². The van der Waals surface area contributed by atoms with E-state index in [2.05, 4.69) is 19.2 Å². The second-order valence-corrected chi connectivity index (χ2v) is 8.23. The quantitative estimate of drug-likeness (QED) is 0.240. The van der Waals surface area contributed by atoms with E-state index in [1.807, 2.05) is 13.8 Å². The minimum atomic E-state index is -0.653. The van der Waals surface area contributed by atoms with Crippen LogP contribution in [0.3, 0.4) is 0 Å². The largest absolute Gasteiger partial charge is 0.461 e. The van der Waals surface area contributed by atoms with Crippen LogP contribution in [0.2, 0.25) is 0 Å². The van der Waals surface area contributed by atoms with Crippen molar-refractivity contribution in [3.05, 3.63) is 0 Å². The van der Waals surface area contributed by atoms with Crippen LogP contribution in [0.15, 0.2) is 0 Å². The summed E-state index contributed by atoms with van der Waals surface area (Å²) >= 11 is 0. The monoisotopic (exact) mass is 397 g/mol. The van der Waals surface area contributed by atoms with Gasteiger partial charge in [0.1, 0.15) is 18.2 Å². The number of cyclic esters (lactones) is 1. The van der Waals surface area contributed by atoms with E-state index < -0.39 is 12.0 Å². The van der Waals surface area contributed by atoms with Crippen LogP contribution in [-0.2, 0) is 23.9 Å². The van der Waals surface area contributed by atoms with Crippen molar-refractivity contribution in [2.24, 2.45) is 11.8 Å². The van der Waals surface area contributed by atoms with E-state index in [1.54, 1.807) is 0 Å². The van der Waals surface area contributed by atoms with Gasteiger partial charge in [-0.3, -0.25) is 9.59 Å². The molecule has 4 atom stereocenters. The molecule has 0 bridgehead atoms. The Bertz CT molecular complexity index is 480. The van der Waals surface area contributed by atoms with Crippen LogP contribution in [0, 0.1) is 11.8 Å². The van der Waals surface area contributed by atoms with E-state index in [0.717, 1.165) is 44.9 Å². The molecule has 6 heteroatoms. The molecular weight excluding hydrogens is 358 g/mol. The van der Waals surface area contributed by atoms with E-state index in [-0.39, 0.29) is 30.0 Å². The highest BCUT2D eigenvalue weighted by Gasteiger charge is 2.43. The van der Waals surface area contributed by atoms with Gasteiger partial charge in [-0.2, -0.15) is 0 Å². The Morgan fingerprint density at radius 2 is 1.82 bits per heavy atom. The van der Waals surface area contributed by atoms with Crippen molar-refractivity contribution in [1.29, 1.82) is 0 Å². The molecule has 1 heterocycles. The van der Waals surface area contributed by atoms with Gasteiger partial charge in [-0.25, -0.2) is 4.79 Å². The molecule has 1 fully saturated rings. The highest BCUT2D eigenvalue weighted by atomic mass is 16.6. The summed E-state index contributed by atoms with van der Waals surface area (Å²) in [4.78, 5) is 35.2. The lowest BCUT2D eigenvalue weighted by atomic mass is 9.86. The molecule has 0 aromatic rings. The maximum absolute atomic E-state index is 12.5. The number of hydrogen-bond acceptors (Lipinski definition) is 5. The van der Waals surface area contributed by atoms with E-state index in [9.17, 15) is 14.4 Å². The number of esters is 2. The van der Waals surface area contributed by atoms with E-state index in [4.69, 9.17) is 9.47 Å². The van der Waals surface area contributed by atoms with Gasteiger partial charge in [-0.1, -0.05) is 66.2 Å². The Labute approximate surface area is 170 Å². The van der Waals surface area contributed by atoms with E-state index in [1.165, 1.54) is 12.8 Å². The van der Waals surface area contributed by atoms with Gasteiger partial charge in [0.15, 0.2) is 0 Å². The summed E-state index contributed by atoms with van der Waals surface area (Å²) in [5, 5.41) is 2.55. The van der Waals surface area contributed by atoms with Gasteiger partial charge in [0, 0.05) is 6.42 Å². The van der Waals surface area contributed by atoms with Gasteiger partial charge in [0.05, 0.1) is 5.92 Å². The number of rotatable bonds is 16. The van der Waals surface area contributed by atoms with Crippen LogP contribution in [0.1, 0.15) is 91.9 Å². The van der Waals surface area contributed by atoms with Crippen LogP contribution in [0.25, 0.3) is 0 Å². The first-order chi connectivity index (χ1) is 13.4. The molecule has 1 rings (SSSR count). The summed E-state index contributed by atoms with van der Waals surface area (Å²) in [5.74, 6) is -0.656. The van der Waals surface area contributed by atoms with Crippen molar-refractivity contribution in [2.45, 2.75) is 110 Å². The average Bonchev–Trinajstić information content (AvgIpc) is 2.65. The van der Waals surface area contributed by atoms with Crippen molar-refractivity contribution in [3.8, 4) is 0 Å². The number of unbranched alkanes of at least 4 members (excludes halogenated alkanes) is 5. The van der Waals surface area contributed by atoms with Crippen LogP contribution in [-0.4, -0.2) is 36.6 Å². The molecule has 1 amide bonds. The first kappa shape index (κ1) is 24.4. The third-order valence-corrected chi connectivity index (χ3v) is 5.46. The highest BCUT2D eigenvalue weighted by molar-refractivity contribution is 5.79. The maximum Gasteiger partial charge on any atom is 0.329 e. The topological polar surface area (TPSA) is 81.7 Å². The molecule has 1 aliphatic heterocycles. The molecule has 0 saturated carbocycles. The standard InChI is InChI=1S/C22H39NO5/c1-5-7-9-11-13-18-19(28-21(18)25)14-17(12-10-8-6-2)27-22(26)20(16(3)4)23-15-24/h15-20H,5-14H2,1-4H3,(H,23,24)/t17-,18-,19+,20-/m0/s1. The Kier molecular flexibility index (Phi) is 11.8. The number of carbonyl (C=O) groups is 3. The predicted molar refractivity (Wildman–Crippen MR) is 109 cm³/mol. The molecular formula is C22H39NO5. The SMILES string of the molecule is CCCCCC[C@@H]1C(=O)O[C@@H]1C[C@H](CCCCC)OC(=O)[C@@H](NC=O)C(C)C. The zero-order valence-electron chi connectivity index (χ0n) is 18.1. The Hall–Kier alpha value is -1.59. The smallest absolute Gasteiger partial charge is 0.329 e. The second-order valence-electron chi connectivity index (χ2n) is 8.23. The van der Waals surface area contributed by atoms with Crippen LogP contribution in [0.5, 0.6) is 0 Å². The van der Waals surface area contributed by atoms with Crippen molar-refractivity contribution < 1.29 is 23.9 Å². The van der Waals surface area contributed by atoms with Crippen molar-refractivity contribution in [1.82, 2.24) is 5.32 Å². The molecule has 6 nitrogen and oxygen atoms in total. The average molecular weight is 398 g/mol. The normalized spacial score (nSPS) is 20.8.